The van der Waals surface area contributed by atoms with Gasteiger partial charge >= 0.3 is 5.97 Å². The number of hydrogen-bond donors (Lipinski definition) is 1. The largest absolute Gasteiger partial charge is 0.478 e. The molecule has 0 aromatic rings. The van der Waals surface area contributed by atoms with E-state index in [1.807, 2.05) is 19.1 Å². The number of carboxylic acids is 1. The van der Waals surface area contributed by atoms with Gasteiger partial charge in [-0.25, -0.2) is 4.79 Å². The third kappa shape index (κ3) is 6.55. The van der Waals surface area contributed by atoms with E-state index >= 15 is 0 Å². The van der Waals surface area contributed by atoms with Crippen molar-refractivity contribution in [3.05, 3.63) is 48.6 Å². The Morgan fingerprint density at radius 3 is 2.42 bits per heavy atom. The summed E-state index contributed by atoms with van der Waals surface area (Å²) in [6.45, 7) is 5.53. The van der Waals surface area contributed by atoms with Gasteiger partial charge in [-0.05, 0) is 18.6 Å². The molecule has 0 aromatic carbocycles. The molecule has 0 fully saturated rings. The van der Waals surface area contributed by atoms with Crippen LogP contribution in [0.1, 0.15) is 6.92 Å². The van der Waals surface area contributed by atoms with Gasteiger partial charge in [0.15, 0.2) is 0 Å². The zero-order valence-electron chi connectivity index (χ0n) is 7.03. The van der Waals surface area contributed by atoms with Crippen LogP contribution in [0.5, 0.6) is 0 Å². The molecule has 0 aliphatic heterocycles. The van der Waals surface area contributed by atoms with Crippen molar-refractivity contribution in [2.45, 2.75) is 6.92 Å². The van der Waals surface area contributed by atoms with E-state index in [2.05, 4.69) is 6.58 Å². The summed E-state index contributed by atoms with van der Waals surface area (Å²) in [7, 11) is 0. The van der Waals surface area contributed by atoms with Crippen LogP contribution in [0.15, 0.2) is 48.6 Å². The standard InChI is InChI=1S/C10H12O2/c1-3-4-5-6-9(2)7-8-10(11)12/h3-8H,2H2,1H3,(H,11,12). The van der Waals surface area contributed by atoms with Crippen molar-refractivity contribution in [3.8, 4) is 0 Å². The van der Waals surface area contributed by atoms with Gasteiger partial charge in [-0.2, -0.15) is 0 Å². The minimum atomic E-state index is -0.962. The van der Waals surface area contributed by atoms with Crippen molar-refractivity contribution in [1.82, 2.24) is 0 Å². The molecule has 2 heteroatoms. The molecule has 0 aliphatic carbocycles. The van der Waals surface area contributed by atoms with Gasteiger partial charge in [-0.1, -0.05) is 30.9 Å². The first kappa shape index (κ1) is 10.4. The predicted molar refractivity (Wildman–Crippen MR) is 49.9 cm³/mol. The van der Waals surface area contributed by atoms with Crippen molar-refractivity contribution in [2.75, 3.05) is 0 Å². The minimum Gasteiger partial charge on any atom is -0.478 e. The summed E-state index contributed by atoms with van der Waals surface area (Å²) < 4.78 is 0. The number of aliphatic carboxylic acids is 1. The first-order valence-corrected chi connectivity index (χ1v) is 3.56. The number of carboxylic acid groups (broad SMARTS) is 1. The SMILES string of the molecule is C=C(C=CC=CC)C=CC(=O)O. The number of hydrogen-bond acceptors (Lipinski definition) is 1. The van der Waals surface area contributed by atoms with Crippen LogP contribution in [0.25, 0.3) is 0 Å². The Kier molecular flexibility index (Phi) is 5.35. The van der Waals surface area contributed by atoms with Gasteiger partial charge in [0, 0.05) is 6.08 Å². The molecule has 2 nitrogen and oxygen atoms in total. The minimum absolute atomic E-state index is 0.663. The number of carbonyl (C=O) groups is 1. The monoisotopic (exact) mass is 164 g/mol. The molecule has 0 saturated carbocycles. The third-order valence-corrected chi connectivity index (χ3v) is 1.05. The molecule has 12 heavy (non-hydrogen) atoms. The normalized spacial score (nSPS) is 11.8. The van der Waals surface area contributed by atoms with Gasteiger partial charge < -0.3 is 5.11 Å². The highest BCUT2D eigenvalue weighted by molar-refractivity contribution is 5.80. The van der Waals surface area contributed by atoms with Crippen LogP contribution in [-0.2, 0) is 4.79 Å². The first-order valence-electron chi connectivity index (χ1n) is 3.56. The Morgan fingerprint density at radius 2 is 1.92 bits per heavy atom. The van der Waals surface area contributed by atoms with E-state index in [-0.39, 0.29) is 0 Å². The summed E-state index contributed by atoms with van der Waals surface area (Å²) in [5.74, 6) is -0.962. The highest BCUT2D eigenvalue weighted by Crippen LogP contribution is 1.95. The lowest BCUT2D eigenvalue weighted by Gasteiger charge is -1.85. The Morgan fingerprint density at radius 1 is 1.25 bits per heavy atom. The first-order chi connectivity index (χ1) is 5.66. The van der Waals surface area contributed by atoms with Crippen LogP contribution < -0.4 is 0 Å². The Bertz CT molecular complexity index is 245. The molecule has 64 valence electrons. The number of rotatable bonds is 4. The second kappa shape index (κ2) is 6.16. The molecular weight excluding hydrogens is 152 g/mol. The molecule has 0 unspecified atom stereocenters. The second-order valence-corrected chi connectivity index (χ2v) is 2.13. The topological polar surface area (TPSA) is 37.3 Å². The van der Waals surface area contributed by atoms with Crippen molar-refractivity contribution < 1.29 is 9.90 Å². The molecule has 1 N–H and O–H groups in total. The molecule has 0 saturated heterocycles. The number of allylic oxidation sites excluding steroid dienone is 6. The smallest absolute Gasteiger partial charge is 0.328 e. The van der Waals surface area contributed by atoms with Crippen LogP contribution >= 0.6 is 0 Å². The molecule has 0 bridgehead atoms. The van der Waals surface area contributed by atoms with E-state index in [0.717, 1.165) is 6.08 Å². The van der Waals surface area contributed by atoms with Crippen LogP contribution in [0.3, 0.4) is 0 Å². The quantitative estimate of drug-likeness (QED) is 0.511. The van der Waals surface area contributed by atoms with Gasteiger partial charge in [0.2, 0.25) is 0 Å². The van der Waals surface area contributed by atoms with E-state index in [4.69, 9.17) is 5.11 Å². The predicted octanol–water partition coefficient (Wildman–Crippen LogP) is 2.32. The maximum atomic E-state index is 10.1. The van der Waals surface area contributed by atoms with Crippen LogP contribution in [0, 0.1) is 0 Å². The highest BCUT2D eigenvalue weighted by atomic mass is 16.4. The lowest BCUT2D eigenvalue weighted by atomic mass is 10.2. The summed E-state index contributed by atoms with van der Waals surface area (Å²) in [5, 5.41) is 8.27. The summed E-state index contributed by atoms with van der Waals surface area (Å²) in [6.07, 6.45) is 9.77. The summed E-state index contributed by atoms with van der Waals surface area (Å²) in [4.78, 5) is 10.1. The highest BCUT2D eigenvalue weighted by Gasteiger charge is 1.84. The maximum absolute atomic E-state index is 10.1. The van der Waals surface area contributed by atoms with Gasteiger partial charge in [0.25, 0.3) is 0 Å². The van der Waals surface area contributed by atoms with Crippen LogP contribution in [-0.4, -0.2) is 11.1 Å². The average molecular weight is 164 g/mol. The summed E-state index contributed by atoms with van der Waals surface area (Å²) in [5.41, 5.74) is 0.663. The Labute approximate surface area is 72.2 Å². The molecule has 0 radical (unpaired) electrons. The maximum Gasteiger partial charge on any atom is 0.328 e. The van der Waals surface area contributed by atoms with Crippen molar-refractivity contribution >= 4 is 5.97 Å². The van der Waals surface area contributed by atoms with Gasteiger partial charge in [0.05, 0.1) is 0 Å². The third-order valence-electron chi connectivity index (χ3n) is 1.05. The molecule has 0 amide bonds. The summed E-state index contributed by atoms with van der Waals surface area (Å²) in [6, 6.07) is 0. The van der Waals surface area contributed by atoms with E-state index in [1.54, 1.807) is 12.2 Å². The van der Waals surface area contributed by atoms with Crippen molar-refractivity contribution in [2.24, 2.45) is 0 Å². The Balaban J connectivity index is 3.98. The molecule has 0 atom stereocenters. The fourth-order valence-corrected chi connectivity index (χ4v) is 0.524. The molecular formula is C10H12O2. The molecule has 0 rings (SSSR count). The van der Waals surface area contributed by atoms with E-state index in [0.29, 0.717) is 5.57 Å². The molecule has 0 aromatic heterocycles. The van der Waals surface area contributed by atoms with Gasteiger partial charge in [0.1, 0.15) is 0 Å². The van der Waals surface area contributed by atoms with Crippen molar-refractivity contribution in [3.63, 3.8) is 0 Å². The van der Waals surface area contributed by atoms with Crippen LogP contribution in [0.4, 0.5) is 0 Å². The van der Waals surface area contributed by atoms with E-state index in [9.17, 15) is 4.79 Å². The average Bonchev–Trinajstić information content (AvgIpc) is 2.01. The zero-order valence-corrected chi connectivity index (χ0v) is 7.03. The lowest BCUT2D eigenvalue weighted by molar-refractivity contribution is -0.131. The molecule has 0 spiro atoms. The van der Waals surface area contributed by atoms with Crippen LogP contribution in [0.2, 0.25) is 0 Å². The fraction of sp³-hybridized carbons (Fsp3) is 0.100. The lowest BCUT2D eigenvalue weighted by Crippen LogP contribution is -1.85. The van der Waals surface area contributed by atoms with E-state index in [1.165, 1.54) is 6.08 Å². The summed E-state index contributed by atoms with van der Waals surface area (Å²) >= 11 is 0. The van der Waals surface area contributed by atoms with E-state index < -0.39 is 5.97 Å². The molecule has 0 heterocycles. The van der Waals surface area contributed by atoms with Crippen molar-refractivity contribution in [1.29, 1.82) is 0 Å². The fourth-order valence-electron chi connectivity index (χ4n) is 0.524. The Hall–Kier alpha value is -1.57. The zero-order chi connectivity index (χ0) is 9.40. The van der Waals surface area contributed by atoms with Gasteiger partial charge in [-0.3, -0.25) is 0 Å². The second-order valence-electron chi connectivity index (χ2n) is 2.13. The van der Waals surface area contributed by atoms with Gasteiger partial charge in [-0.15, -0.1) is 0 Å². The molecule has 0 aliphatic rings.